The maximum atomic E-state index is 13.1. The Morgan fingerprint density at radius 3 is 2.35 bits per heavy atom. The number of hydrogen-bond donors (Lipinski definition) is 1. The lowest BCUT2D eigenvalue weighted by atomic mass is 10.1. The van der Waals surface area contributed by atoms with E-state index in [-0.39, 0.29) is 17.4 Å². The third-order valence-corrected chi connectivity index (χ3v) is 2.56. The Labute approximate surface area is 113 Å². The summed E-state index contributed by atoms with van der Waals surface area (Å²) in [6.45, 7) is 1.79. The van der Waals surface area contributed by atoms with Crippen molar-refractivity contribution in [2.45, 2.75) is 19.2 Å². The average molecular weight is 283 g/mol. The van der Waals surface area contributed by atoms with Crippen LogP contribution in [0.3, 0.4) is 0 Å². The molecule has 2 aromatic rings. The maximum Gasteiger partial charge on any atom is 0.429 e. The lowest BCUT2D eigenvalue weighted by Gasteiger charge is -2.21. The van der Waals surface area contributed by atoms with E-state index in [4.69, 9.17) is 10.5 Å². The van der Waals surface area contributed by atoms with E-state index < -0.39 is 12.3 Å². The standard InChI is InChI=1S/C13H12F3N3O/c1-8-2-4-9(5-3-8)11(13(14,15)16)20-10-6-7-18-12(17)19-10/h2-7,11H,1H3,(H2,17,18,19). The van der Waals surface area contributed by atoms with Crippen LogP contribution in [0.4, 0.5) is 19.1 Å². The molecule has 0 bridgehead atoms. The van der Waals surface area contributed by atoms with Gasteiger partial charge in [0.1, 0.15) is 0 Å². The van der Waals surface area contributed by atoms with Gasteiger partial charge in [0.2, 0.25) is 17.9 Å². The van der Waals surface area contributed by atoms with E-state index in [0.717, 1.165) is 5.56 Å². The van der Waals surface area contributed by atoms with Crippen molar-refractivity contribution in [1.82, 2.24) is 9.97 Å². The van der Waals surface area contributed by atoms with Crippen molar-refractivity contribution in [2.75, 3.05) is 5.73 Å². The largest absolute Gasteiger partial charge is 0.460 e. The number of alkyl halides is 3. The summed E-state index contributed by atoms with van der Waals surface area (Å²) in [6.07, 6.45) is -5.42. The molecule has 1 aromatic carbocycles. The Morgan fingerprint density at radius 2 is 1.80 bits per heavy atom. The quantitative estimate of drug-likeness (QED) is 0.940. The Balaban J connectivity index is 2.31. The number of anilines is 1. The lowest BCUT2D eigenvalue weighted by molar-refractivity contribution is -0.198. The number of nitrogen functional groups attached to an aromatic ring is 1. The van der Waals surface area contributed by atoms with E-state index in [1.54, 1.807) is 19.1 Å². The molecule has 0 aliphatic rings. The van der Waals surface area contributed by atoms with Crippen molar-refractivity contribution < 1.29 is 17.9 Å². The van der Waals surface area contributed by atoms with Crippen LogP contribution in [0.15, 0.2) is 36.5 Å². The van der Waals surface area contributed by atoms with Crippen molar-refractivity contribution >= 4 is 5.95 Å². The first kappa shape index (κ1) is 14.1. The van der Waals surface area contributed by atoms with Crippen molar-refractivity contribution in [3.8, 4) is 5.88 Å². The number of ether oxygens (including phenoxy) is 1. The molecule has 0 saturated carbocycles. The van der Waals surface area contributed by atoms with Crippen LogP contribution in [0.1, 0.15) is 17.2 Å². The molecule has 1 atom stereocenters. The van der Waals surface area contributed by atoms with E-state index in [2.05, 4.69) is 9.97 Å². The third kappa shape index (κ3) is 3.37. The van der Waals surface area contributed by atoms with Crippen LogP contribution in [0, 0.1) is 6.92 Å². The lowest BCUT2D eigenvalue weighted by Crippen LogP contribution is -2.26. The van der Waals surface area contributed by atoms with E-state index in [9.17, 15) is 13.2 Å². The molecule has 1 unspecified atom stereocenters. The zero-order chi connectivity index (χ0) is 14.8. The average Bonchev–Trinajstić information content (AvgIpc) is 2.36. The van der Waals surface area contributed by atoms with Crippen LogP contribution >= 0.6 is 0 Å². The van der Waals surface area contributed by atoms with Gasteiger partial charge < -0.3 is 10.5 Å². The van der Waals surface area contributed by atoms with Crippen molar-refractivity contribution in [3.63, 3.8) is 0 Å². The summed E-state index contributed by atoms with van der Waals surface area (Å²) in [5.41, 5.74) is 6.18. The molecule has 7 heteroatoms. The summed E-state index contributed by atoms with van der Waals surface area (Å²) in [7, 11) is 0. The maximum absolute atomic E-state index is 13.1. The minimum Gasteiger partial charge on any atom is -0.460 e. The summed E-state index contributed by atoms with van der Waals surface area (Å²) in [6, 6.07) is 7.15. The van der Waals surface area contributed by atoms with Crippen LogP contribution < -0.4 is 10.5 Å². The Morgan fingerprint density at radius 1 is 1.15 bits per heavy atom. The van der Waals surface area contributed by atoms with Gasteiger partial charge in [-0.15, -0.1) is 0 Å². The summed E-state index contributed by atoms with van der Waals surface area (Å²) in [4.78, 5) is 7.21. The fourth-order valence-corrected chi connectivity index (χ4v) is 1.61. The van der Waals surface area contributed by atoms with Gasteiger partial charge in [-0.1, -0.05) is 29.8 Å². The number of hydrogen-bond acceptors (Lipinski definition) is 4. The molecule has 4 nitrogen and oxygen atoms in total. The molecule has 0 radical (unpaired) electrons. The van der Waals surface area contributed by atoms with Crippen LogP contribution in [-0.2, 0) is 0 Å². The second kappa shape index (κ2) is 5.36. The van der Waals surface area contributed by atoms with E-state index >= 15 is 0 Å². The topological polar surface area (TPSA) is 61.0 Å². The first-order chi connectivity index (χ1) is 9.36. The molecule has 106 valence electrons. The zero-order valence-electron chi connectivity index (χ0n) is 10.6. The number of nitrogens with two attached hydrogens (primary N) is 1. The van der Waals surface area contributed by atoms with Crippen molar-refractivity contribution in [2.24, 2.45) is 0 Å². The predicted octanol–water partition coefficient (Wildman–Crippen LogP) is 3.05. The molecular formula is C13H12F3N3O. The number of halogens is 3. The molecule has 2 N–H and O–H groups in total. The SMILES string of the molecule is Cc1ccc(C(Oc2ccnc(N)n2)C(F)(F)F)cc1. The molecule has 20 heavy (non-hydrogen) atoms. The van der Waals surface area contributed by atoms with Gasteiger partial charge in [-0.05, 0) is 6.92 Å². The molecule has 1 heterocycles. The van der Waals surface area contributed by atoms with Gasteiger partial charge in [-0.2, -0.15) is 18.2 Å². The van der Waals surface area contributed by atoms with Crippen LogP contribution in [0.25, 0.3) is 0 Å². The summed E-state index contributed by atoms with van der Waals surface area (Å²) >= 11 is 0. The minimum absolute atomic E-state index is 0.000263. The number of rotatable bonds is 3. The number of benzene rings is 1. The molecule has 0 saturated heterocycles. The molecule has 0 aliphatic heterocycles. The normalized spacial score (nSPS) is 13.0. The molecular weight excluding hydrogens is 271 g/mol. The van der Waals surface area contributed by atoms with Crippen molar-refractivity contribution in [3.05, 3.63) is 47.7 Å². The number of aryl methyl sites for hydroxylation is 1. The first-order valence-corrected chi connectivity index (χ1v) is 5.75. The zero-order valence-corrected chi connectivity index (χ0v) is 10.6. The van der Waals surface area contributed by atoms with Gasteiger partial charge in [-0.25, -0.2) is 4.98 Å². The highest BCUT2D eigenvalue weighted by molar-refractivity contribution is 5.26. The fraction of sp³-hybridized carbons (Fsp3) is 0.231. The Hall–Kier alpha value is -2.31. The predicted molar refractivity (Wildman–Crippen MR) is 67.0 cm³/mol. The van der Waals surface area contributed by atoms with Crippen molar-refractivity contribution in [1.29, 1.82) is 0 Å². The molecule has 0 fully saturated rings. The summed E-state index contributed by atoms with van der Waals surface area (Å²) in [5, 5.41) is 0. The second-order valence-electron chi connectivity index (χ2n) is 4.20. The summed E-state index contributed by atoms with van der Waals surface area (Å²) in [5.74, 6) is -0.368. The fourth-order valence-electron chi connectivity index (χ4n) is 1.61. The number of nitrogens with zero attached hydrogens (tertiary/aromatic N) is 2. The van der Waals surface area contributed by atoms with Gasteiger partial charge in [0.15, 0.2) is 0 Å². The van der Waals surface area contributed by atoms with Crippen LogP contribution in [-0.4, -0.2) is 16.1 Å². The van der Waals surface area contributed by atoms with Gasteiger partial charge in [0, 0.05) is 17.8 Å². The first-order valence-electron chi connectivity index (χ1n) is 5.75. The minimum atomic E-state index is -4.56. The second-order valence-corrected chi connectivity index (χ2v) is 4.20. The smallest absolute Gasteiger partial charge is 0.429 e. The highest BCUT2D eigenvalue weighted by Gasteiger charge is 2.43. The van der Waals surface area contributed by atoms with Gasteiger partial charge in [-0.3, -0.25) is 0 Å². The van der Waals surface area contributed by atoms with Gasteiger partial charge >= 0.3 is 6.18 Å². The molecule has 2 rings (SSSR count). The molecule has 0 aliphatic carbocycles. The van der Waals surface area contributed by atoms with E-state index in [0.29, 0.717) is 0 Å². The molecule has 0 amide bonds. The third-order valence-electron chi connectivity index (χ3n) is 2.56. The summed E-state index contributed by atoms with van der Waals surface area (Å²) < 4.78 is 44.2. The highest BCUT2D eigenvalue weighted by Crippen LogP contribution is 2.36. The Bertz CT molecular complexity index is 584. The highest BCUT2D eigenvalue weighted by atomic mass is 19.4. The van der Waals surface area contributed by atoms with E-state index in [1.165, 1.54) is 24.4 Å². The number of aromatic nitrogens is 2. The molecule has 0 spiro atoms. The van der Waals surface area contributed by atoms with Gasteiger partial charge in [0.05, 0.1) is 0 Å². The van der Waals surface area contributed by atoms with Gasteiger partial charge in [0.25, 0.3) is 0 Å². The van der Waals surface area contributed by atoms with Crippen LogP contribution in [0.2, 0.25) is 0 Å². The van der Waals surface area contributed by atoms with E-state index in [1.807, 2.05) is 0 Å². The Kier molecular flexibility index (Phi) is 3.78. The van der Waals surface area contributed by atoms with Crippen LogP contribution in [0.5, 0.6) is 5.88 Å². The molecule has 1 aromatic heterocycles. The monoisotopic (exact) mass is 283 g/mol.